The molecule has 0 bridgehead atoms. The largest absolute Gasteiger partial charge is 0.469 e. The highest BCUT2D eigenvalue weighted by molar-refractivity contribution is 7.86. The van der Waals surface area contributed by atoms with Gasteiger partial charge in [0.1, 0.15) is 0 Å². The van der Waals surface area contributed by atoms with E-state index in [-0.39, 0.29) is 18.4 Å². The Morgan fingerprint density at radius 1 is 1.39 bits per heavy atom. The van der Waals surface area contributed by atoms with E-state index in [1.165, 1.54) is 15.7 Å². The fourth-order valence-corrected chi connectivity index (χ4v) is 3.93. The summed E-state index contributed by atoms with van der Waals surface area (Å²) in [7, 11) is -2.11. The molecule has 0 aromatic rings. The molecule has 0 aromatic carbocycles. The van der Waals surface area contributed by atoms with Crippen LogP contribution in [-0.2, 0) is 19.7 Å². The summed E-state index contributed by atoms with van der Waals surface area (Å²) in [5, 5.41) is 0. The summed E-state index contributed by atoms with van der Waals surface area (Å²) in [6.45, 7) is 5.21. The molecule has 0 saturated carbocycles. The summed E-state index contributed by atoms with van der Waals surface area (Å²) < 4.78 is 32.1. The molecule has 0 amide bonds. The lowest BCUT2D eigenvalue weighted by molar-refractivity contribution is -0.146. The number of piperidine rings is 1. The zero-order chi connectivity index (χ0) is 13.8. The number of methoxy groups -OCH3 is 1. The molecular formula is C11H22N2O4S. The number of hydrogen-bond donors (Lipinski definition) is 0. The minimum Gasteiger partial charge on any atom is -0.469 e. The number of carbonyl (C=O) groups is 1. The van der Waals surface area contributed by atoms with Crippen molar-refractivity contribution in [1.29, 1.82) is 0 Å². The average molecular weight is 278 g/mol. The van der Waals surface area contributed by atoms with E-state index in [9.17, 15) is 13.2 Å². The quantitative estimate of drug-likeness (QED) is 0.685. The zero-order valence-corrected chi connectivity index (χ0v) is 12.1. The predicted molar refractivity (Wildman–Crippen MR) is 68.2 cm³/mol. The number of ether oxygens (including phenoxy) is 1. The summed E-state index contributed by atoms with van der Waals surface area (Å²) in [6.07, 6.45) is 1.39. The van der Waals surface area contributed by atoms with Crippen LogP contribution in [0.3, 0.4) is 0 Å². The fraction of sp³-hybridized carbons (Fsp3) is 0.909. The number of nitrogens with zero attached hydrogens (tertiary/aromatic N) is 2. The maximum Gasteiger partial charge on any atom is 0.309 e. The van der Waals surface area contributed by atoms with Crippen molar-refractivity contribution >= 4 is 16.2 Å². The third-order valence-corrected chi connectivity index (χ3v) is 5.43. The minimum absolute atomic E-state index is 0.228. The Kier molecular flexibility index (Phi) is 5.55. The Balaban J connectivity index is 2.80. The third-order valence-electron chi connectivity index (χ3n) is 3.28. The molecule has 106 valence electrons. The highest BCUT2D eigenvalue weighted by Crippen LogP contribution is 2.21. The van der Waals surface area contributed by atoms with Gasteiger partial charge in [-0.05, 0) is 12.8 Å². The zero-order valence-electron chi connectivity index (χ0n) is 11.3. The molecule has 1 aliphatic heterocycles. The molecule has 1 atom stereocenters. The molecule has 6 nitrogen and oxygen atoms in total. The summed E-state index contributed by atoms with van der Waals surface area (Å²) in [6, 6.07) is 0. The minimum atomic E-state index is -3.44. The molecular weight excluding hydrogens is 256 g/mol. The Hall–Kier alpha value is -0.660. The first-order valence-corrected chi connectivity index (χ1v) is 7.70. The number of carbonyl (C=O) groups excluding carboxylic acids is 1. The van der Waals surface area contributed by atoms with Crippen molar-refractivity contribution in [3.63, 3.8) is 0 Å². The first-order chi connectivity index (χ1) is 8.47. The second-order valence-electron chi connectivity index (χ2n) is 4.31. The molecule has 1 saturated heterocycles. The standard InChI is InChI=1S/C11H22N2O4S/c1-4-12(5-2)18(15,16)13-8-6-7-10(9-13)11(14)17-3/h10H,4-9H2,1-3H3/t10-/m0/s1. The summed E-state index contributed by atoms with van der Waals surface area (Å²) in [5.41, 5.74) is 0. The van der Waals surface area contributed by atoms with Crippen molar-refractivity contribution in [2.24, 2.45) is 5.92 Å². The van der Waals surface area contributed by atoms with Gasteiger partial charge in [-0.15, -0.1) is 0 Å². The van der Waals surface area contributed by atoms with Gasteiger partial charge in [0.25, 0.3) is 10.2 Å². The SMILES string of the molecule is CCN(CC)S(=O)(=O)N1CCC[C@H](C(=O)OC)C1. The Morgan fingerprint density at radius 2 is 2.00 bits per heavy atom. The van der Waals surface area contributed by atoms with Crippen LogP contribution >= 0.6 is 0 Å². The topological polar surface area (TPSA) is 66.9 Å². The Morgan fingerprint density at radius 3 is 2.50 bits per heavy atom. The van der Waals surface area contributed by atoms with Crippen LogP contribution in [0.25, 0.3) is 0 Å². The number of esters is 1. The highest BCUT2D eigenvalue weighted by atomic mass is 32.2. The van der Waals surface area contributed by atoms with Gasteiger partial charge in [-0.2, -0.15) is 17.0 Å². The second kappa shape index (κ2) is 6.49. The van der Waals surface area contributed by atoms with Crippen molar-refractivity contribution in [2.45, 2.75) is 26.7 Å². The molecule has 7 heteroatoms. The summed E-state index contributed by atoms with van der Waals surface area (Å²) in [4.78, 5) is 11.5. The van der Waals surface area contributed by atoms with Crippen molar-refractivity contribution < 1.29 is 17.9 Å². The Bertz CT molecular complexity index is 379. The van der Waals surface area contributed by atoms with E-state index in [0.717, 1.165) is 0 Å². The van der Waals surface area contributed by atoms with Crippen LogP contribution in [0.2, 0.25) is 0 Å². The first-order valence-electron chi connectivity index (χ1n) is 6.30. The monoisotopic (exact) mass is 278 g/mol. The Labute approximate surface area is 109 Å². The van der Waals surface area contributed by atoms with Crippen LogP contribution in [0.1, 0.15) is 26.7 Å². The van der Waals surface area contributed by atoms with Gasteiger partial charge in [-0.1, -0.05) is 13.8 Å². The maximum absolute atomic E-state index is 12.3. The van der Waals surface area contributed by atoms with E-state index in [4.69, 9.17) is 0 Å². The van der Waals surface area contributed by atoms with Crippen molar-refractivity contribution in [3.05, 3.63) is 0 Å². The van der Waals surface area contributed by atoms with E-state index in [2.05, 4.69) is 4.74 Å². The number of rotatable bonds is 5. The smallest absolute Gasteiger partial charge is 0.309 e. The summed E-state index contributed by atoms with van der Waals surface area (Å²) >= 11 is 0. The fourth-order valence-electron chi connectivity index (χ4n) is 2.22. The van der Waals surface area contributed by atoms with E-state index in [0.29, 0.717) is 32.5 Å². The van der Waals surface area contributed by atoms with Crippen LogP contribution in [0.5, 0.6) is 0 Å². The van der Waals surface area contributed by atoms with E-state index in [1.807, 2.05) is 13.8 Å². The lowest BCUT2D eigenvalue weighted by atomic mass is 10.0. The molecule has 1 aliphatic rings. The molecule has 0 radical (unpaired) electrons. The van der Waals surface area contributed by atoms with Gasteiger partial charge < -0.3 is 4.74 Å². The molecule has 0 spiro atoms. The van der Waals surface area contributed by atoms with Crippen molar-refractivity contribution in [2.75, 3.05) is 33.3 Å². The van der Waals surface area contributed by atoms with Gasteiger partial charge in [0.2, 0.25) is 0 Å². The van der Waals surface area contributed by atoms with Gasteiger partial charge in [-0.25, -0.2) is 0 Å². The normalized spacial score (nSPS) is 22.1. The van der Waals surface area contributed by atoms with E-state index in [1.54, 1.807) is 0 Å². The van der Waals surface area contributed by atoms with Crippen LogP contribution in [0.15, 0.2) is 0 Å². The van der Waals surface area contributed by atoms with E-state index < -0.39 is 10.2 Å². The molecule has 0 aromatic heterocycles. The maximum atomic E-state index is 12.3. The van der Waals surface area contributed by atoms with Gasteiger partial charge in [0.05, 0.1) is 13.0 Å². The van der Waals surface area contributed by atoms with Gasteiger partial charge >= 0.3 is 5.97 Å². The highest BCUT2D eigenvalue weighted by Gasteiger charge is 2.35. The molecule has 1 fully saturated rings. The summed E-state index contributed by atoms with van der Waals surface area (Å²) in [5.74, 6) is -0.663. The molecule has 18 heavy (non-hydrogen) atoms. The van der Waals surface area contributed by atoms with Crippen LogP contribution < -0.4 is 0 Å². The van der Waals surface area contributed by atoms with Crippen molar-refractivity contribution in [1.82, 2.24) is 8.61 Å². The molecule has 0 aliphatic carbocycles. The molecule has 0 N–H and O–H groups in total. The lowest BCUT2D eigenvalue weighted by Crippen LogP contribution is -2.49. The van der Waals surface area contributed by atoms with Gasteiger partial charge in [0, 0.05) is 26.2 Å². The predicted octanol–water partition coefficient (Wildman–Crippen LogP) is 0.458. The third kappa shape index (κ3) is 3.21. The van der Waals surface area contributed by atoms with E-state index >= 15 is 0 Å². The second-order valence-corrected chi connectivity index (χ2v) is 6.24. The molecule has 0 unspecified atom stereocenters. The number of hydrogen-bond acceptors (Lipinski definition) is 4. The average Bonchev–Trinajstić information content (AvgIpc) is 2.39. The lowest BCUT2D eigenvalue weighted by Gasteiger charge is -2.33. The van der Waals surface area contributed by atoms with Crippen molar-refractivity contribution in [3.8, 4) is 0 Å². The van der Waals surface area contributed by atoms with Crippen LogP contribution in [-0.4, -0.2) is 56.3 Å². The first kappa shape index (κ1) is 15.4. The van der Waals surface area contributed by atoms with Crippen LogP contribution in [0, 0.1) is 5.92 Å². The molecule has 1 heterocycles. The van der Waals surface area contributed by atoms with Gasteiger partial charge in [-0.3, -0.25) is 4.79 Å². The molecule has 1 rings (SSSR count). The van der Waals surface area contributed by atoms with Crippen LogP contribution in [0.4, 0.5) is 0 Å². The van der Waals surface area contributed by atoms with Gasteiger partial charge in [0.15, 0.2) is 0 Å².